The molecular formula is C15H11BrClN3O2. The zero-order valence-electron chi connectivity index (χ0n) is 11.5. The van der Waals surface area contributed by atoms with E-state index in [0.717, 1.165) is 10.0 Å². The van der Waals surface area contributed by atoms with Crippen LogP contribution in [0.4, 0.5) is 0 Å². The lowest BCUT2D eigenvalue weighted by atomic mass is 10.3. The van der Waals surface area contributed by atoms with Crippen molar-refractivity contribution in [3.63, 3.8) is 0 Å². The van der Waals surface area contributed by atoms with E-state index in [2.05, 4.69) is 31.1 Å². The molecule has 2 aromatic heterocycles. The molecule has 7 heteroatoms. The molecule has 1 unspecified atom stereocenters. The fourth-order valence-electron chi connectivity index (χ4n) is 1.82. The van der Waals surface area contributed by atoms with Gasteiger partial charge in [-0.05, 0) is 53.2 Å². The van der Waals surface area contributed by atoms with E-state index in [0.29, 0.717) is 22.5 Å². The molecule has 5 nitrogen and oxygen atoms in total. The lowest BCUT2D eigenvalue weighted by Gasteiger charge is -2.12. The molecule has 0 spiro atoms. The maximum atomic E-state index is 5.91. The minimum Gasteiger partial charge on any atom is -0.480 e. The summed E-state index contributed by atoms with van der Waals surface area (Å²) in [6, 6.07) is 8.97. The zero-order valence-corrected chi connectivity index (χ0v) is 13.9. The first-order valence-corrected chi connectivity index (χ1v) is 7.66. The lowest BCUT2D eigenvalue weighted by molar-refractivity contribution is 0.174. The van der Waals surface area contributed by atoms with Crippen molar-refractivity contribution in [2.24, 2.45) is 0 Å². The summed E-state index contributed by atoms with van der Waals surface area (Å²) in [5, 5.41) is 4.58. The van der Waals surface area contributed by atoms with Crippen LogP contribution in [0.5, 0.6) is 5.75 Å². The summed E-state index contributed by atoms with van der Waals surface area (Å²) >= 11 is 9.32. The molecule has 0 N–H and O–H groups in total. The first-order valence-electron chi connectivity index (χ1n) is 6.49. The normalized spacial score (nSPS) is 12.1. The second-order valence-electron chi connectivity index (χ2n) is 4.53. The molecule has 22 heavy (non-hydrogen) atoms. The van der Waals surface area contributed by atoms with Crippen LogP contribution in [0.2, 0.25) is 5.02 Å². The fraction of sp³-hybridized carbons (Fsp3) is 0.133. The molecule has 0 saturated heterocycles. The molecule has 0 fully saturated rings. The summed E-state index contributed by atoms with van der Waals surface area (Å²) in [5.41, 5.74) is 0.789. The van der Waals surface area contributed by atoms with Crippen molar-refractivity contribution in [1.82, 2.24) is 15.1 Å². The Balaban J connectivity index is 1.78. The summed E-state index contributed by atoms with van der Waals surface area (Å²) in [4.78, 5) is 8.37. The van der Waals surface area contributed by atoms with Gasteiger partial charge < -0.3 is 9.26 Å². The third-order valence-corrected chi connectivity index (χ3v) is 3.76. The molecule has 112 valence electrons. The standard InChI is InChI=1S/C15H11BrClN3O2/c1-9(21-13-5-4-11(17)7-12(13)16)15-19-14(20-22-15)10-3-2-6-18-8-10/h2-9H,1H3. The van der Waals surface area contributed by atoms with Crippen molar-refractivity contribution in [2.75, 3.05) is 0 Å². The van der Waals surface area contributed by atoms with Crippen LogP contribution in [-0.4, -0.2) is 15.1 Å². The van der Waals surface area contributed by atoms with Gasteiger partial charge in [-0.15, -0.1) is 0 Å². The van der Waals surface area contributed by atoms with E-state index >= 15 is 0 Å². The van der Waals surface area contributed by atoms with Crippen molar-refractivity contribution < 1.29 is 9.26 Å². The third kappa shape index (κ3) is 3.28. The van der Waals surface area contributed by atoms with E-state index in [4.69, 9.17) is 20.9 Å². The quantitative estimate of drug-likeness (QED) is 0.657. The number of ether oxygens (including phenoxy) is 1. The summed E-state index contributed by atoms with van der Waals surface area (Å²) in [6.45, 7) is 1.83. The lowest BCUT2D eigenvalue weighted by Crippen LogP contribution is -2.04. The van der Waals surface area contributed by atoms with Crippen molar-refractivity contribution in [2.45, 2.75) is 13.0 Å². The number of rotatable bonds is 4. The molecule has 2 heterocycles. The molecule has 0 amide bonds. The van der Waals surface area contributed by atoms with Gasteiger partial charge in [0.15, 0.2) is 6.10 Å². The maximum absolute atomic E-state index is 5.91. The number of hydrogen-bond acceptors (Lipinski definition) is 5. The monoisotopic (exact) mass is 379 g/mol. The summed E-state index contributed by atoms with van der Waals surface area (Å²) < 4.78 is 11.8. The van der Waals surface area contributed by atoms with Gasteiger partial charge in [-0.25, -0.2) is 0 Å². The third-order valence-electron chi connectivity index (χ3n) is 2.91. The van der Waals surface area contributed by atoms with Crippen LogP contribution >= 0.6 is 27.5 Å². The van der Waals surface area contributed by atoms with Gasteiger partial charge in [0.05, 0.1) is 4.47 Å². The maximum Gasteiger partial charge on any atom is 0.267 e. The Hall–Kier alpha value is -1.92. The van der Waals surface area contributed by atoms with Crippen molar-refractivity contribution in [3.8, 4) is 17.1 Å². The van der Waals surface area contributed by atoms with Gasteiger partial charge in [0.25, 0.3) is 5.89 Å². The molecule has 1 aromatic carbocycles. The van der Waals surface area contributed by atoms with Gasteiger partial charge in [-0.3, -0.25) is 4.98 Å². The molecule has 3 rings (SSSR count). The van der Waals surface area contributed by atoms with Crippen LogP contribution in [0.3, 0.4) is 0 Å². The smallest absolute Gasteiger partial charge is 0.267 e. The van der Waals surface area contributed by atoms with Crippen molar-refractivity contribution in [3.05, 3.63) is 58.1 Å². The predicted molar refractivity (Wildman–Crippen MR) is 85.7 cm³/mol. The molecule has 3 aromatic rings. The molecular weight excluding hydrogens is 370 g/mol. The van der Waals surface area contributed by atoms with Crippen LogP contribution in [0.15, 0.2) is 51.7 Å². The van der Waals surface area contributed by atoms with E-state index < -0.39 is 6.10 Å². The number of nitrogens with zero attached hydrogens (tertiary/aromatic N) is 3. The Morgan fingerprint density at radius 1 is 1.32 bits per heavy atom. The van der Waals surface area contributed by atoms with Gasteiger partial charge in [0.1, 0.15) is 5.75 Å². The highest BCUT2D eigenvalue weighted by molar-refractivity contribution is 9.10. The highest BCUT2D eigenvalue weighted by atomic mass is 79.9. The highest BCUT2D eigenvalue weighted by Crippen LogP contribution is 2.31. The Kier molecular flexibility index (Phi) is 4.40. The number of benzene rings is 1. The first-order chi connectivity index (χ1) is 10.6. The van der Waals surface area contributed by atoms with Gasteiger partial charge >= 0.3 is 0 Å². The van der Waals surface area contributed by atoms with Crippen LogP contribution in [0.1, 0.15) is 18.9 Å². The van der Waals surface area contributed by atoms with Crippen LogP contribution < -0.4 is 4.74 Å². The Labute approximate surface area is 140 Å². The van der Waals surface area contributed by atoms with Crippen molar-refractivity contribution in [1.29, 1.82) is 0 Å². The molecule has 0 aliphatic rings. The second-order valence-corrected chi connectivity index (χ2v) is 5.82. The van der Waals surface area contributed by atoms with E-state index in [-0.39, 0.29) is 0 Å². The molecule has 0 saturated carbocycles. The van der Waals surface area contributed by atoms with Crippen molar-refractivity contribution >= 4 is 27.5 Å². The SMILES string of the molecule is CC(Oc1ccc(Cl)cc1Br)c1nc(-c2cccnc2)no1. The minimum absolute atomic E-state index is 0.390. The van der Waals surface area contributed by atoms with E-state index in [1.807, 2.05) is 19.1 Å². The minimum atomic E-state index is -0.393. The average molecular weight is 381 g/mol. The van der Waals surface area contributed by atoms with Crippen LogP contribution in [0.25, 0.3) is 11.4 Å². The van der Waals surface area contributed by atoms with Gasteiger partial charge in [0, 0.05) is 23.0 Å². The largest absolute Gasteiger partial charge is 0.480 e. The first kappa shape index (κ1) is 15.0. The predicted octanol–water partition coefficient (Wildman–Crippen LogP) is 4.69. The molecule has 0 aliphatic carbocycles. The molecule has 0 bridgehead atoms. The van der Waals surface area contributed by atoms with E-state index in [9.17, 15) is 0 Å². The van der Waals surface area contributed by atoms with Gasteiger partial charge in [-0.1, -0.05) is 16.8 Å². The van der Waals surface area contributed by atoms with Crippen LogP contribution in [-0.2, 0) is 0 Å². The Bertz CT molecular complexity index is 779. The highest BCUT2D eigenvalue weighted by Gasteiger charge is 2.18. The molecule has 1 atom stereocenters. The summed E-state index contributed by atoms with van der Waals surface area (Å²) in [6.07, 6.45) is 2.97. The van der Waals surface area contributed by atoms with E-state index in [1.165, 1.54) is 0 Å². The number of aromatic nitrogens is 3. The number of hydrogen-bond donors (Lipinski definition) is 0. The van der Waals surface area contributed by atoms with Gasteiger partial charge in [-0.2, -0.15) is 4.98 Å². The Morgan fingerprint density at radius 2 is 2.18 bits per heavy atom. The number of halogens is 2. The summed E-state index contributed by atoms with van der Waals surface area (Å²) in [7, 11) is 0. The number of pyridine rings is 1. The van der Waals surface area contributed by atoms with E-state index in [1.54, 1.807) is 30.6 Å². The second kappa shape index (κ2) is 6.46. The molecule has 0 radical (unpaired) electrons. The topological polar surface area (TPSA) is 61.0 Å². The van der Waals surface area contributed by atoms with Gasteiger partial charge in [0.2, 0.25) is 5.82 Å². The van der Waals surface area contributed by atoms with Crippen LogP contribution in [0, 0.1) is 0 Å². The fourth-order valence-corrected chi connectivity index (χ4v) is 2.60. The average Bonchev–Trinajstić information content (AvgIpc) is 3.01. The zero-order chi connectivity index (χ0) is 15.5. The molecule has 0 aliphatic heterocycles. The summed E-state index contributed by atoms with van der Waals surface area (Å²) in [5.74, 6) is 1.52. The Morgan fingerprint density at radius 3 is 2.91 bits per heavy atom.